The van der Waals surface area contributed by atoms with E-state index in [1.54, 1.807) is 0 Å². The third-order valence-electron chi connectivity index (χ3n) is 3.27. The molecule has 142 valence electrons. The summed E-state index contributed by atoms with van der Waals surface area (Å²) in [5, 5.41) is 18.3. The van der Waals surface area contributed by atoms with Crippen molar-refractivity contribution in [1.29, 1.82) is 0 Å². The summed E-state index contributed by atoms with van der Waals surface area (Å²) in [6, 6.07) is 4.92. The van der Waals surface area contributed by atoms with Gasteiger partial charge in [-0.1, -0.05) is 13.3 Å². The molecule has 4 N–H and O–H groups in total. The first-order valence-corrected chi connectivity index (χ1v) is 10.6. The number of carbonyl (C=O) groups is 1. The molecule has 0 heterocycles. The number of carboxylic acids is 1. The molecule has 0 saturated heterocycles. The fraction of sp³-hybridized carbons (Fsp3) is 0.500. The highest BCUT2D eigenvalue weighted by Gasteiger charge is 2.31. The van der Waals surface area contributed by atoms with Gasteiger partial charge in [-0.05, 0) is 37.6 Å². The Bertz CT molecular complexity index is 800. The first kappa shape index (κ1) is 21.4. The maximum Gasteiger partial charge on any atom is 0.336 e. The monoisotopic (exact) mass is 394 g/mol. The van der Waals surface area contributed by atoms with Gasteiger partial charge in [0.1, 0.15) is 0 Å². The van der Waals surface area contributed by atoms with E-state index in [4.69, 9.17) is 5.11 Å². The lowest BCUT2D eigenvalue weighted by Crippen LogP contribution is -2.46. The molecular weight excluding hydrogens is 372 g/mol. The van der Waals surface area contributed by atoms with Crippen LogP contribution >= 0.6 is 0 Å². The minimum absolute atomic E-state index is 0.0324. The van der Waals surface area contributed by atoms with E-state index in [2.05, 4.69) is 4.72 Å². The zero-order chi connectivity index (χ0) is 19.3. The Labute approximate surface area is 147 Å². The Morgan fingerprint density at radius 3 is 2.20 bits per heavy atom. The van der Waals surface area contributed by atoms with Gasteiger partial charge in [0, 0.05) is 5.69 Å². The van der Waals surface area contributed by atoms with Crippen molar-refractivity contribution in [1.82, 2.24) is 4.72 Å². The summed E-state index contributed by atoms with van der Waals surface area (Å²) in [5.41, 5.74) is -2.03. The maximum absolute atomic E-state index is 12.1. The first-order chi connectivity index (χ1) is 11.4. The molecule has 1 aromatic rings. The van der Waals surface area contributed by atoms with Crippen molar-refractivity contribution in [2.75, 3.05) is 17.0 Å². The summed E-state index contributed by atoms with van der Waals surface area (Å²) in [7, 11) is -7.55. The molecule has 0 saturated carbocycles. The lowest BCUT2D eigenvalue weighted by Gasteiger charge is -2.18. The minimum atomic E-state index is -4.05. The maximum atomic E-state index is 12.1. The summed E-state index contributed by atoms with van der Waals surface area (Å²) in [4.78, 5) is 10.6. The van der Waals surface area contributed by atoms with Crippen LogP contribution in [0.2, 0.25) is 0 Å². The van der Waals surface area contributed by atoms with Crippen molar-refractivity contribution in [2.45, 2.75) is 37.2 Å². The van der Waals surface area contributed by atoms with E-state index in [0.717, 1.165) is 13.3 Å². The summed E-state index contributed by atoms with van der Waals surface area (Å²) in [5.74, 6) is -1.60. The highest BCUT2D eigenvalue weighted by molar-refractivity contribution is 7.92. The summed E-state index contributed by atoms with van der Waals surface area (Å²) in [6.07, 6.45) is 1.24. The molecule has 25 heavy (non-hydrogen) atoms. The fourth-order valence-electron chi connectivity index (χ4n) is 1.66. The third-order valence-corrected chi connectivity index (χ3v) is 6.06. The molecule has 0 aromatic heterocycles. The van der Waals surface area contributed by atoms with E-state index < -0.39 is 38.2 Å². The Balaban J connectivity index is 2.83. The molecule has 0 radical (unpaired) electrons. The minimum Gasteiger partial charge on any atom is -0.479 e. The number of hydrogen-bond acceptors (Lipinski definition) is 6. The van der Waals surface area contributed by atoms with Gasteiger partial charge in [-0.2, -0.15) is 0 Å². The van der Waals surface area contributed by atoms with Crippen LogP contribution in [-0.4, -0.2) is 50.9 Å². The van der Waals surface area contributed by atoms with Crippen molar-refractivity contribution in [3.05, 3.63) is 24.3 Å². The predicted molar refractivity (Wildman–Crippen MR) is 92.2 cm³/mol. The quantitative estimate of drug-likeness (QED) is 0.447. The molecule has 9 nitrogen and oxygen atoms in total. The van der Waals surface area contributed by atoms with Crippen LogP contribution in [0.15, 0.2) is 29.2 Å². The molecule has 0 fully saturated rings. The van der Waals surface area contributed by atoms with E-state index in [-0.39, 0.29) is 16.3 Å². The number of aliphatic hydroxyl groups is 1. The molecule has 11 heteroatoms. The van der Waals surface area contributed by atoms with Crippen molar-refractivity contribution >= 4 is 31.7 Å². The van der Waals surface area contributed by atoms with Crippen molar-refractivity contribution < 1.29 is 31.8 Å². The van der Waals surface area contributed by atoms with Gasteiger partial charge in [0.25, 0.3) is 0 Å². The molecule has 0 bridgehead atoms. The molecule has 1 unspecified atom stereocenters. The van der Waals surface area contributed by atoms with Crippen LogP contribution in [0.25, 0.3) is 0 Å². The number of aliphatic carboxylic acids is 1. The fourth-order valence-corrected chi connectivity index (χ4v) is 4.06. The molecule has 0 aliphatic rings. The zero-order valence-corrected chi connectivity index (χ0v) is 15.5. The second kappa shape index (κ2) is 8.13. The molecule has 0 aliphatic carbocycles. The van der Waals surface area contributed by atoms with Crippen molar-refractivity contribution in [2.24, 2.45) is 0 Å². The van der Waals surface area contributed by atoms with Crippen LogP contribution in [-0.2, 0) is 24.8 Å². The number of unbranched alkanes of at least 4 members (excludes halogenated alkanes) is 1. The second-order valence-electron chi connectivity index (χ2n) is 5.70. The number of sulfonamides is 2. The lowest BCUT2D eigenvalue weighted by atomic mass is 10.1. The first-order valence-electron chi connectivity index (χ1n) is 7.45. The highest BCUT2D eigenvalue weighted by Crippen LogP contribution is 2.16. The number of benzene rings is 1. The van der Waals surface area contributed by atoms with Crippen molar-refractivity contribution in [3.8, 4) is 0 Å². The normalized spacial score (nSPS) is 14.7. The molecule has 0 spiro atoms. The van der Waals surface area contributed by atoms with Gasteiger partial charge < -0.3 is 10.2 Å². The Morgan fingerprint density at radius 2 is 1.72 bits per heavy atom. The Morgan fingerprint density at radius 1 is 1.16 bits per heavy atom. The molecule has 1 aromatic carbocycles. The van der Waals surface area contributed by atoms with Gasteiger partial charge in [-0.15, -0.1) is 0 Å². The summed E-state index contributed by atoms with van der Waals surface area (Å²) < 4.78 is 52.1. The second-order valence-corrected chi connectivity index (χ2v) is 9.31. The van der Waals surface area contributed by atoms with E-state index in [1.807, 2.05) is 11.6 Å². The lowest BCUT2D eigenvalue weighted by molar-refractivity contribution is -0.155. The zero-order valence-electron chi connectivity index (χ0n) is 13.9. The van der Waals surface area contributed by atoms with Gasteiger partial charge in [0.05, 0.1) is 17.2 Å². The molecule has 1 rings (SSSR count). The average Bonchev–Trinajstić information content (AvgIpc) is 2.51. The van der Waals surface area contributed by atoms with E-state index in [1.165, 1.54) is 24.3 Å². The van der Waals surface area contributed by atoms with Crippen LogP contribution in [0.3, 0.4) is 0 Å². The van der Waals surface area contributed by atoms with Gasteiger partial charge in [0.2, 0.25) is 20.0 Å². The number of rotatable bonds is 10. The summed E-state index contributed by atoms with van der Waals surface area (Å²) >= 11 is 0. The van der Waals surface area contributed by atoms with E-state index >= 15 is 0 Å². The van der Waals surface area contributed by atoms with Crippen LogP contribution in [0.1, 0.15) is 26.7 Å². The molecular formula is C14H22N2O7S2. The molecule has 1 atom stereocenters. The molecule has 0 amide bonds. The Kier molecular flexibility index (Phi) is 6.94. The number of carboxylic acid groups (broad SMARTS) is 1. The van der Waals surface area contributed by atoms with Crippen LogP contribution in [0.4, 0.5) is 5.69 Å². The topological polar surface area (TPSA) is 150 Å². The average molecular weight is 394 g/mol. The standard InChI is InChI=1S/C14H22N2O7S2/c1-3-4-9-24(20,21)16-11-5-7-12(8-6-11)25(22,23)15-10-14(2,19)13(17)18/h5-8,15-16,19H,3-4,9-10H2,1-2H3,(H,17,18). The number of hydrogen-bond donors (Lipinski definition) is 4. The SMILES string of the molecule is CCCCS(=O)(=O)Nc1ccc(S(=O)(=O)NCC(C)(O)C(=O)O)cc1. The largest absolute Gasteiger partial charge is 0.479 e. The predicted octanol–water partition coefficient (Wildman–Crippen LogP) is 0.342. The molecule has 0 aliphatic heterocycles. The number of nitrogens with one attached hydrogen (secondary N) is 2. The van der Waals surface area contributed by atoms with Gasteiger partial charge in [0.15, 0.2) is 5.60 Å². The number of anilines is 1. The smallest absolute Gasteiger partial charge is 0.336 e. The highest BCUT2D eigenvalue weighted by atomic mass is 32.2. The van der Waals surface area contributed by atoms with Gasteiger partial charge in [-0.25, -0.2) is 26.4 Å². The van der Waals surface area contributed by atoms with Gasteiger partial charge >= 0.3 is 5.97 Å². The van der Waals surface area contributed by atoms with Crippen LogP contribution in [0.5, 0.6) is 0 Å². The third kappa shape index (κ3) is 6.61. The van der Waals surface area contributed by atoms with Gasteiger partial charge in [-0.3, -0.25) is 4.72 Å². The van der Waals surface area contributed by atoms with Crippen molar-refractivity contribution in [3.63, 3.8) is 0 Å². The Hall–Kier alpha value is -1.69. The van der Waals surface area contributed by atoms with E-state index in [0.29, 0.717) is 6.42 Å². The van der Waals surface area contributed by atoms with Crippen LogP contribution < -0.4 is 9.44 Å². The van der Waals surface area contributed by atoms with Crippen LogP contribution in [0, 0.1) is 0 Å². The van der Waals surface area contributed by atoms with E-state index in [9.17, 15) is 26.7 Å². The summed E-state index contributed by atoms with van der Waals surface area (Å²) in [6.45, 7) is 2.12.